The van der Waals surface area contributed by atoms with Crippen LogP contribution in [0.5, 0.6) is 0 Å². The first kappa shape index (κ1) is 9.70. The fraction of sp³-hybridized carbons (Fsp3) is 0.625. The summed E-state index contributed by atoms with van der Waals surface area (Å²) in [5, 5.41) is -0.304. The first-order chi connectivity index (χ1) is 4.81. The summed E-state index contributed by atoms with van der Waals surface area (Å²) in [7, 11) is 0. The lowest BCUT2D eigenvalue weighted by molar-refractivity contribution is -0.107. The Balaban J connectivity index is 3.18. The molecule has 1 unspecified atom stereocenters. The van der Waals surface area contributed by atoms with E-state index in [1.165, 1.54) is 0 Å². The SMILES string of the molecule is CCC=CCCC(Cl)C=O. The van der Waals surface area contributed by atoms with Gasteiger partial charge in [0.1, 0.15) is 6.29 Å². The van der Waals surface area contributed by atoms with Crippen molar-refractivity contribution in [1.29, 1.82) is 0 Å². The van der Waals surface area contributed by atoms with Crippen LogP contribution in [-0.2, 0) is 4.79 Å². The van der Waals surface area contributed by atoms with Crippen LogP contribution in [0, 0.1) is 0 Å². The van der Waals surface area contributed by atoms with Crippen LogP contribution in [0.2, 0.25) is 0 Å². The van der Waals surface area contributed by atoms with E-state index in [2.05, 4.69) is 19.1 Å². The molecule has 0 aromatic heterocycles. The maximum Gasteiger partial charge on any atom is 0.137 e. The Morgan fingerprint density at radius 1 is 1.50 bits per heavy atom. The van der Waals surface area contributed by atoms with Crippen LogP contribution in [0.1, 0.15) is 26.2 Å². The molecule has 0 aromatic carbocycles. The predicted molar refractivity (Wildman–Crippen MR) is 44.4 cm³/mol. The Bertz CT molecular complexity index is 110. The van der Waals surface area contributed by atoms with E-state index in [1.54, 1.807) is 0 Å². The van der Waals surface area contributed by atoms with Crippen molar-refractivity contribution in [3.05, 3.63) is 12.2 Å². The molecule has 1 atom stereocenters. The van der Waals surface area contributed by atoms with Crippen LogP contribution >= 0.6 is 11.6 Å². The molecule has 0 aliphatic heterocycles. The maximum atomic E-state index is 10.0. The fourth-order valence-electron chi connectivity index (χ4n) is 0.608. The van der Waals surface area contributed by atoms with Gasteiger partial charge in [0.25, 0.3) is 0 Å². The first-order valence-electron chi connectivity index (χ1n) is 3.55. The highest BCUT2D eigenvalue weighted by Gasteiger charge is 1.97. The van der Waals surface area contributed by atoms with E-state index >= 15 is 0 Å². The normalized spacial score (nSPS) is 13.8. The Labute approximate surface area is 67.1 Å². The molecule has 0 fully saturated rings. The molecule has 0 spiro atoms. The highest BCUT2D eigenvalue weighted by molar-refractivity contribution is 6.27. The van der Waals surface area contributed by atoms with Gasteiger partial charge < -0.3 is 4.79 Å². The number of rotatable bonds is 5. The lowest BCUT2D eigenvalue weighted by Crippen LogP contribution is -1.97. The molecule has 0 radical (unpaired) electrons. The van der Waals surface area contributed by atoms with E-state index in [0.717, 1.165) is 25.5 Å². The van der Waals surface area contributed by atoms with Crippen molar-refractivity contribution in [3.8, 4) is 0 Å². The molecule has 0 amide bonds. The van der Waals surface area contributed by atoms with E-state index in [4.69, 9.17) is 11.6 Å². The van der Waals surface area contributed by atoms with E-state index in [-0.39, 0.29) is 5.38 Å². The Morgan fingerprint density at radius 3 is 2.70 bits per heavy atom. The van der Waals surface area contributed by atoms with Gasteiger partial charge in [-0.1, -0.05) is 19.1 Å². The summed E-state index contributed by atoms with van der Waals surface area (Å²) < 4.78 is 0. The van der Waals surface area contributed by atoms with Gasteiger partial charge in [-0.25, -0.2) is 0 Å². The number of allylic oxidation sites excluding steroid dienone is 2. The summed E-state index contributed by atoms with van der Waals surface area (Å²) in [5.41, 5.74) is 0. The van der Waals surface area contributed by atoms with Gasteiger partial charge >= 0.3 is 0 Å². The molecule has 1 nitrogen and oxygen atoms in total. The largest absolute Gasteiger partial charge is 0.302 e. The minimum Gasteiger partial charge on any atom is -0.302 e. The van der Waals surface area contributed by atoms with Gasteiger partial charge in [-0.3, -0.25) is 0 Å². The Hall–Kier alpha value is -0.300. The molecule has 0 N–H and O–H groups in total. The molecular formula is C8H13ClO. The average Bonchev–Trinajstić information content (AvgIpc) is 1.98. The van der Waals surface area contributed by atoms with Gasteiger partial charge in [0.05, 0.1) is 5.38 Å². The second kappa shape index (κ2) is 6.81. The standard InChI is InChI=1S/C8H13ClO/c1-2-3-4-5-6-8(9)7-10/h3-4,7-8H,2,5-6H2,1H3. The molecular weight excluding hydrogens is 148 g/mol. The smallest absolute Gasteiger partial charge is 0.137 e. The van der Waals surface area contributed by atoms with Crippen molar-refractivity contribution in [2.45, 2.75) is 31.6 Å². The summed E-state index contributed by atoms with van der Waals surface area (Å²) in [6, 6.07) is 0. The summed E-state index contributed by atoms with van der Waals surface area (Å²) in [6.07, 6.45) is 7.62. The van der Waals surface area contributed by atoms with Crippen molar-refractivity contribution in [3.63, 3.8) is 0 Å². The van der Waals surface area contributed by atoms with Crippen LogP contribution in [0.3, 0.4) is 0 Å². The van der Waals surface area contributed by atoms with Gasteiger partial charge in [-0.15, -0.1) is 11.6 Å². The summed E-state index contributed by atoms with van der Waals surface area (Å²) in [5.74, 6) is 0. The van der Waals surface area contributed by atoms with Gasteiger partial charge in [0, 0.05) is 0 Å². The number of aldehydes is 1. The minimum atomic E-state index is -0.304. The molecule has 0 heterocycles. The highest BCUT2D eigenvalue weighted by atomic mass is 35.5. The highest BCUT2D eigenvalue weighted by Crippen LogP contribution is 2.02. The van der Waals surface area contributed by atoms with E-state index in [1.807, 2.05) is 0 Å². The monoisotopic (exact) mass is 160 g/mol. The number of alkyl halides is 1. The second-order valence-electron chi connectivity index (χ2n) is 2.11. The van der Waals surface area contributed by atoms with Crippen molar-refractivity contribution in [2.75, 3.05) is 0 Å². The quantitative estimate of drug-likeness (QED) is 0.343. The van der Waals surface area contributed by atoms with Crippen LogP contribution in [0.4, 0.5) is 0 Å². The van der Waals surface area contributed by atoms with Crippen molar-refractivity contribution in [1.82, 2.24) is 0 Å². The van der Waals surface area contributed by atoms with Crippen LogP contribution < -0.4 is 0 Å². The fourth-order valence-corrected chi connectivity index (χ4v) is 0.734. The zero-order valence-corrected chi connectivity index (χ0v) is 6.97. The van der Waals surface area contributed by atoms with Gasteiger partial charge in [0.15, 0.2) is 0 Å². The minimum absolute atomic E-state index is 0.304. The number of halogens is 1. The number of carbonyl (C=O) groups is 1. The Kier molecular flexibility index (Phi) is 6.61. The molecule has 10 heavy (non-hydrogen) atoms. The molecule has 0 saturated heterocycles. The molecule has 58 valence electrons. The molecule has 0 aliphatic carbocycles. The molecule has 0 saturated carbocycles. The lowest BCUT2D eigenvalue weighted by atomic mass is 10.2. The summed E-state index contributed by atoms with van der Waals surface area (Å²) in [4.78, 5) is 10.0. The topological polar surface area (TPSA) is 17.1 Å². The molecule has 0 bridgehead atoms. The molecule has 0 aliphatic rings. The summed E-state index contributed by atoms with van der Waals surface area (Å²) >= 11 is 5.54. The second-order valence-corrected chi connectivity index (χ2v) is 2.67. The molecule has 0 aromatic rings. The van der Waals surface area contributed by atoms with Crippen molar-refractivity contribution >= 4 is 17.9 Å². The van der Waals surface area contributed by atoms with E-state index < -0.39 is 0 Å². The van der Waals surface area contributed by atoms with E-state index in [9.17, 15) is 4.79 Å². The van der Waals surface area contributed by atoms with Crippen LogP contribution in [0.15, 0.2) is 12.2 Å². The van der Waals surface area contributed by atoms with Crippen LogP contribution in [0.25, 0.3) is 0 Å². The molecule has 0 rings (SSSR count). The predicted octanol–water partition coefficient (Wildman–Crippen LogP) is 2.54. The first-order valence-corrected chi connectivity index (χ1v) is 3.99. The number of hydrogen-bond donors (Lipinski definition) is 0. The molecule has 2 heteroatoms. The van der Waals surface area contributed by atoms with Crippen molar-refractivity contribution < 1.29 is 4.79 Å². The Morgan fingerprint density at radius 2 is 2.20 bits per heavy atom. The van der Waals surface area contributed by atoms with Gasteiger partial charge in [0.2, 0.25) is 0 Å². The van der Waals surface area contributed by atoms with Crippen LogP contribution in [-0.4, -0.2) is 11.7 Å². The third-order valence-corrected chi connectivity index (χ3v) is 1.48. The number of hydrogen-bond acceptors (Lipinski definition) is 1. The van der Waals surface area contributed by atoms with Crippen molar-refractivity contribution in [2.24, 2.45) is 0 Å². The third kappa shape index (κ3) is 5.83. The zero-order chi connectivity index (χ0) is 7.82. The average molecular weight is 161 g/mol. The summed E-state index contributed by atoms with van der Waals surface area (Å²) in [6.45, 7) is 2.08. The van der Waals surface area contributed by atoms with E-state index in [0.29, 0.717) is 0 Å². The zero-order valence-electron chi connectivity index (χ0n) is 6.22. The van der Waals surface area contributed by atoms with Gasteiger partial charge in [-0.05, 0) is 19.3 Å². The lowest BCUT2D eigenvalue weighted by Gasteiger charge is -1.94. The third-order valence-electron chi connectivity index (χ3n) is 1.16. The maximum absolute atomic E-state index is 10.0. The number of carbonyl (C=O) groups excluding carboxylic acids is 1. The van der Waals surface area contributed by atoms with Gasteiger partial charge in [-0.2, -0.15) is 0 Å².